The molecule has 0 saturated carbocycles. The molecular weight excluding hydrogens is 404 g/mol. The van der Waals surface area contributed by atoms with Gasteiger partial charge in [-0.1, -0.05) is 33.3 Å². The second-order valence-corrected chi connectivity index (χ2v) is 6.87. The second kappa shape index (κ2) is 5.63. The quantitative estimate of drug-likeness (QED) is 0.639. The third-order valence-electron chi connectivity index (χ3n) is 2.70. The molecule has 3 rings (SSSR count). The largest absolute Gasteiger partial charge is 0.298 e. The lowest BCUT2D eigenvalue weighted by Gasteiger charge is -2.01. The third kappa shape index (κ3) is 2.77. The molecular formula is C14H8Br2N2OS. The lowest BCUT2D eigenvalue weighted by molar-refractivity contribution is 0.102. The standard InChI is InChI=1S/C14H8Br2N2OS/c15-9-6-4-8(5-7-9)13(19)18-14-17-12-10(16)2-1-3-11(12)20-14/h1-7H,(H,17,18,19). The smallest absolute Gasteiger partial charge is 0.257 e. The summed E-state index contributed by atoms with van der Waals surface area (Å²) < 4.78 is 2.90. The van der Waals surface area contributed by atoms with Gasteiger partial charge < -0.3 is 0 Å². The Hall–Kier alpha value is -1.24. The van der Waals surface area contributed by atoms with Gasteiger partial charge in [-0.3, -0.25) is 10.1 Å². The number of rotatable bonds is 2. The molecule has 20 heavy (non-hydrogen) atoms. The van der Waals surface area contributed by atoms with Crippen LogP contribution < -0.4 is 5.32 Å². The number of nitrogens with one attached hydrogen (secondary N) is 1. The Labute approximate surface area is 136 Å². The van der Waals surface area contributed by atoms with E-state index in [-0.39, 0.29) is 5.91 Å². The minimum Gasteiger partial charge on any atom is -0.298 e. The summed E-state index contributed by atoms with van der Waals surface area (Å²) in [4.78, 5) is 16.5. The fourth-order valence-corrected chi connectivity index (χ4v) is 3.48. The number of thiazole rings is 1. The zero-order valence-corrected chi connectivity index (χ0v) is 14.0. The highest BCUT2D eigenvalue weighted by atomic mass is 79.9. The monoisotopic (exact) mass is 410 g/mol. The van der Waals surface area contributed by atoms with E-state index < -0.39 is 0 Å². The summed E-state index contributed by atoms with van der Waals surface area (Å²) in [5, 5.41) is 3.42. The normalized spacial score (nSPS) is 10.7. The Morgan fingerprint density at radius 3 is 2.55 bits per heavy atom. The van der Waals surface area contributed by atoms with Gasteiger partial charge in [0, 0.05) is 14.5 Å². The summed E-state index contributed by atoms with van der Waals surface area (Å²) in [6.07, 6.45) is 0. The van der Waals surface area contributed by atoms with Gasteiger partial charge in [0.25, 0.3) is 5.91 Å². The summed E-state index contributed by atoms with van der Waals surface area (Å²) in [6, 6.07) is 13.1. The van der Waals surface area contributed by atoms with Crippen LogP contribution in [0.25, 0.3) is 10.2 Å². The van der Waals surface area contributed by atoms with Gasteiger partial charge in [-0.25, -0.2) is 4.98 Å². The van der Waals surface area contributed by atoms with E-state index in [2.05, 4.69) is 42.2 Å². The Morgan fingerprint density at radius 2 is 1.85 bits per heavy atom. The van der Waals surface area contributed by atoms with Crippen LogP contribution in [0.3, 0.4) is 0 Å². The minimum absolute atomic E-state index is 0.160. The molecule has 0 unspecified atom stereocenters. The Morgan fingerprint density at radius 1 is 1.10 bits per heavy atom. The molecule has 0 radical (unpaired) electrons. The van der Waals surface area contributed by atoms with Crippen molar-refractivity contribution in [2.75, 3.05) is 5.32 Å². The van der Waals surface area contributed by atoms with Gasteiger partial charge in [0.1, 0.15) is 0 Å². The number of carbonyl (C=O) groups excluding carboxylic acids is 1. The number of para-hydroxylation sites is 1. The van der Waals surface area contributed by atoms with Gasteiger partial charge in [-0.2, -0.15) is 0 Å². The number of anilines is 1. The average molecular weight is 412 g/mol. The van der Waals surface area contributed by atoms with Crippen LogP contribution in [-0.4, -0.2) is 10.9 Å². The van der Waals surface area contributed by atoms with Gasteiger partial charge in [-0.05, 0) is 52.3 Å². The van der Waals surface area contributed by atoms with E-state index in [1.54, 1.807) is 12.1 Å². The van der Waals surface area contributed by atoms with Gasteiger partial charge in [0.2, 0.25) is 0 Å². The molecule has 0 spiro atoms. The van der Waals surface area contributed by atoms with Crippen LogP contribution in [0.4, 0.5) is 5.13 Å². The number of nitrogens with zero attached hydrogens (tertiary/aromatic N) is 1. The first-order valence-electron chi connectivity index (χ1n) is 5.75. The van der Waals surface area contributed by atoms with Gasteiger partial charge >= 0.3 is 0 Å². The Bertz CT molecular complexity index is 783. The van der Waals surface area contributed by atoms with E-state index in [1.807, 2.05) is 30.3 Å². The van der Waals surface area contributed by atoms with Crippen molar-refractivity contribution >= 4 is 64.5 Å². The number of carbonyl (C=O) groups is 1. The average Bonchev–Trinajstić information content (AvgIpc) is 2.83. The zero-order chi connectivity index (χ0) is 14.1. The van der Waals surface area contributed by atoms with Crippen molar-refractivity contribution in [1.82, 2.24) is 4.98 Å². The van der Waals surface area contributed by atoms with Crippen LogP contribution in [0.5, 0.6) is 0 Å². The first-order valence-corrected chi connectivity index (χ1v) is 8.16. The molecule has 0 aliphatic rings. The molecule has 100 valence electrons. The molecule has 6 heteroatoms. The van der Waals surface area contributed by atoms with Crippen LogP contribution in [0.2, 0.25) is 0 Å². The molecule has 0 fully saturated rings. The highest BCUT2D eigenvalue weighted by molar-refractivity contribution is 9.11. The molecule has 1 aromatic heterocycles. The summed E-state index contributed by atoms with van der Waals surface area (Å²) in [6.45, 7) is 0. The number of halogens is 2. The van der Waals surface area contributed by atoms with Crippen LogP contribution in [0, 0.1) is 0 Å². The molecule has 0 bridgehead atoms. The van der Waals surface area contributed by atoms with Crippen molar-refractivity contribution in [3.05, 3.63) is 57.0 Å². The van der Waals surface area contributed by atoms with Gasteiger partial charge in [0.05, 0.1) is 10.2 Å². The number of hydrogen-bond donors (Lipinski definition) is 1. The first kappa shape index (κ1) is 13.7. The van der Waals surface area contributed by atoms with Crippen molar-refractivity contribution in [2.24, 2.45) is 0 Å². The third-order valence-corrected chi connectivity index (χ3v) is 4.80. The summed E-state index contributed by atoms with van der Waals surface area (Å²) in [5.74, 6) is -0.160. The maximum absolute atomic E-state index is 12.1. The van der Waals surface area contributed by atoms with E-state index in [1.165, 1.54) is 11.3 Å². The Balaban J connectivity index is 1.87. The number of fused-ring (bicyclic) bond motifs is 1. The fourth-order valence-electron chi connectivity index (χ4n) is 1.74. The molecule has 3 nitrogen and oxygen atoms in total. The highest BCUT2D eigenvalue weighted by Crippen LogP contribution is 2.31. The molecule has 0 saturated heterocycles. The van der Waals surface area contributed by atoms with Crippen molar-refractivity contribution in [2.45, 2.75) is 0 Å². The fraction of sp³-hybridized carbons (Fsp3) is 0. The van der Waals surface area contributed by atoms with Crippen LogP contribution >= 0.6 is 43.2 Å². The molecule has 2 aromatic carbocycles. The number of benzene rings is 2. The molecule has 0 aliphatic heterocycles. The molecule has 1 N–H and O–H groups in total. The maximum atomic E-state index is 12.1. The van der Waals surface area contributed by atoms with Crippen LogP contribution in [-0.2, 0) is 0 Å². The predicted molar refractivity (Wildman–Crippen MR) is 89.4 cm³/mol. The number of hydrogen-bond acceptors (Lipinski definition) is 3. The van der Waals surface area contributed by atoms with E-state index in [0.29, 0.717) is 10.7 Å². The van der Waals surface area contributed by atoms with Crippen molar-refractivity contribution in [1.29, 1.82) is 0 Å². The highest BCUT2D eigenvalue weighted by Gasteiger charge is 2.11. The van der Waals surface area contributed by atoms with E-state index in [4.69, 9.17) is 0 Å². The topological polar surface area (TPSA) is 42.0 Å². The lowest BCUT2D eigenvalue weighted by Crippen LogP contribution is -2.11. The second-order valence-electron chi connectivity index (χ2n) is 4.07. The van der Waals surface area contributed by atoms with E-state index in [9.17, 15) is 4.79 Å². The number of amides is 1. The molecule has 1 amide bonds. The van der Waals surface area contributed by atoms with Crippen LogP contribution in [0.1, 0.15) is 10.4 Å². The van der Waals surface area contributed by atoms with E-state index in [0.717, 1.165) is 19.2 Å². The molecule has 3 aromatic rings. The minimum atomic E-state index is -0.160. The van der Waals surface area contributed by atoms with Crippen molar-refractivity contribution in [3.8, 4) is 0 Å². The van der Waals surface area contributed by atoms with Crippen molar-refractivity contribution < 1.29 is 4.79 Å². The van der Waals surface area contributed by atoms with Gasteiger partial charge in [0.15, 0.2) is 5.13 Å². The van der Waals surface area contributed by atoms with E-state index >= 15 is 0 Å². The SMILES string of the molecule is O=C(Nc1nc2c(Br)cccc2s1)c1ccc(Br)cc1. The molecule has 0 atom stereocenters. The van der Waals surface area contributed by atoms with Crippen LogP contribution in [0.15, 0.2) is 51.4 Å². The first-order chi connectivity index (χ1) is 9.63. The molecule has 1 heterocycles. The lowest BCUT2D eigenvalue weighted by atomic mass is 10.2. The summed E-state index contributed by atoms with van der Waals surface area (Å²) >= 11 is 8.26. The van der Waals surface area contributed by atoms with Crippen molar-refractivity contribution in [3.63, 3.8) is 0 Å². The number of aromatic nitrogens is 1. The Kier molecular flexibility index (Phi) is 3.87. The summed E-state index contributed by atoms with van der Waals surface area (Å²) in [7, 11) is 0. The van der Waals surface area contributed by atoms with Gasteiger partial charge in [-0.15, -0.1) is 0 Å². The molecule has 0 aliphatic carbocycles. The zero-order valence-electron chi connectivity index (χ0n) is 10.1. The predicted octanol–water partition coefficient (Wildman–Crippen LogP) is 5.07. The maximum Gasteiger partial charge on any atom is 0.257 e. The summed E-state index contributed by atoms with van der Waals surface area (Å²) in [5.41, 5.74) is 1.47.